The van der Waals surface area contributed by atoms with Gasteiger partial charge in [-0.25, -0.2) is 14.4 Å². The number of hydrogen-bond donors (Lipinski definition) is 0. The van der Waals surface area contributed by atoms with Gasteiger partial charge >= 0.3 is 17.9 Å². The Hall–Kier alpha value is -3.61. The van der Waals surface area contributed by atoms with E-state index in [4.69, 9.17) is 40.6 Å². The van der Waals surface area contributed by atoms with E-state index in [0.29, 0.717) is 5.56 Å². The maximum atomic E-state index is 13.4. The highest BCUT2D eigenvalue weighted by molar-refractivity contribution is 8.22. The molecule has 220 valence electrons. The molecule has 3 aromatic rings. The largest absolute Gasteiger partial charge is 0.459 e. The molecule has 1 aliphatic heterocycles. The second kappa shape index (κ2) is 14.5. The molecule has 1 fully saturated rings. The molecule has 11 heteroatoms. The average Bonchev–Trinajstić information content (AvgIpc) is 3.05. The van der Waals surface area contributed by atoms with Crippen molar-refractivity contribution in [1.29, 1.82) is 0 Å². The third-order valence-electron chi connectivity index (χ3n) is 6.71. The van der Waals surface area contributed by atoms with Gasteiger partial charge in [-0.3, -0.25) is 0 Å². The normalized spacial score (nSPS) is 23.4. The lowest BCUT2D eigenvalue weighted by Crippen LogP contribution is -2.72. The Morgan fingerprint density at radius 2 is 1.26 bits per heavy atom. The van der Waals surface area contributed by atoms with Crippen LogP contribution in [0.5, 0.6) is 0 Å². The molecule has 0 aliphatic carbocycles. The fourth-order valence-electron chi connectivity index (χ4n) is 4.61. The number of carbonyl (C=O) groups is 3. The van der Waals surface area contributed by atoms with Gasteiger partial charge in [0.15, 0.2) is 24.1 Å². The first-order chi connectivity index (χ1) is 20.3. The van der Waals surface area contributed by atoms with Crippen LogP contribution >= 0.6 is 24.0 Å². The van der Waals surface area contributed by atoms with Gasteiger partial charge in [0.2, 0.25) is 0 Å². The Kier molecular flexibility index (Phi) is 10.8. The molecule has 0 radical (unpaired) electrons. The molecule has 0 bridgehead atoms. The zero-order valence-electron chi connectivity index (χ0n) is 23.2. The van der Waals surface area contributed by atoms with Crippen LogP contribution in [0.3, 0.4) is 0 Å². The Bertz CT molecular complexity index is 1370. The molecule has 4 rings (SSSR count). The first-order valence-corrected chi connectivity index (χ1v) is 14.5. The van der Waals surface area contributed by atoms with Crippen LogP contribution in [0, 0.1) is 0 Å². The number of rotatable bonds is 10. The van der Waals surface area contributed by atoms with E-state index in [1.165, 1.54) is 14.2 Å². The number of esters is 3. The Balaban J connectivity index is 1.75. The summed E-state index contributed by atoms with van der Waals surface area (Å²) < 4.78 is 35.7. The van der Waals surface area contributed by atoms with Crippen LogP contribution in [-0.4, -0.2) is 79.4 Å². The summed E-state index contributed by atoms with van der Waals surface area (Å²) in [6.07, 6.45) is -3.36. The van der Waals surface area contributed by atoms with E-state index >= 15 is 0 Å². The lowest BCUT2D eigenvalue weighted by Gasteiger charge is -2.51. The van der Waals surface area contributed by atoms with Gasteiger partial charge in [0, 0.05) is 14.2 Å². The summed E-state index contributed by atoms with van der Waals surface area (Å²) in [7, 11) is 2.72. The predicted molar refractivity (Wildman–Crippen MR) is 160 cm³/mol. The number of ether oxygens (including phenoxy) is 6. The van der Waals surface area contributed by atoms with Crippen molar-refractivity contribution in [3.63, 3.8) is 0 Å². The molecule has 1 heterocycles. The molecule has 0 N–H and O–H groups in total. The zero-order valence-corrected chi connectivity index (χ0v) is 24.8. The van der Waals surface area contributed by atoms with Crippen LogP contribution in [0.25, 0.3) is 0 Å². The van der Waals surface area contributed by atoms with Crippen molar-refractivity contribution in [3.8, 4) is 0 Å². The molecule has 3 aromatic carbocycles. The number of benzene rings is 3. The van der Waals surface area contributed by atoms with Gasteiger partial charge in [-0.05, 0) is 42.7 Å². The summed E-state index contributed by atoms with van der Waals surface area (Å²) in [5, 5.41) is 0. The Morgan fingerprint density at radius 1 is 0.786 bits per heavy atom. The summed E-state index contributed by atoms with van der Waals surface area (Å²) in [6, 6.07) is 25.0. The first kappa shape index (κ1) is 31.3. The van der Waals surface area contributed by atoms with Gasteiger partial charge in [-0.1, -0.05) is 66.8 Å². The number of carbonyl (C=O) groups excluding carboxylic acids is 3. The van der Waals surface area contributed by atoms with Crippen molar-refractivity contribution in [1.82, 2.24) is 0 Å². The van der Waals surface area contributed by atoms with Gasteiger partial charge in [0.05, 0.1) is 20.9 Å². The minimum Gasteiger partial charge on any atom is -0.459 e. The van der Waals surface area contributed by atoms with Crippen molar-refractivity contribution >= 4 is 46.1 Å². The highest BCUT2D eigenvalue weighted by Gasteiger charge is 2.63. The van der Waals surface area contributed by atoms with Crippen molar-refractivity contribution in [2.75, 3.05) is 27.1 Å². The summed E-state index contributed by atoms with van der Waals surface area (Å²) in [4.78, 5) is 39.5. The molecular weight excluding hydrogens is 580 g/mol. The smallest absolute Gasteiger partial charge is 0.338 e. The highest BCUT2D eigenvalue weighted by Crippen LogP contribution is 2.41. The third-order valence-corrected chi connectivity index (χ3v) is 8.22. The number of thioether (sulfide) groups is 1. The molecular formula is C31H30O9S2. The summed E-state index contributed by atoms with van der Waals surface area (Å²) in [6.45, 7) is -0.346. The monoisotopic (exact) mass is 610 g/mol. The van der Waals surface area contributed by atoms with Crippen LogP contribution in [0.4, 0.5) is 0 Å². The van der Waals surface area contributed by atoms with E-state index < -0.39 is 48.1 Å². The van der Waals surface area contributed by atoms with Crippen LogP contribution in [0.1, 0.15) is 31.1 Å². The molecule has 5 atom stereocenters. The van der Waals surface area contributed by atoms with E-state index in [1.54, 1.807) is 97.3 Å². The van der Waals surface area contributed by atoms with Crippen molar-refractivity contribution in [3.05, 3.63) is 108 Å². The highest BCUT2D eigenvalue weighted by atomic mass is 32.2. The van der Waals surface area contributed by atoms with Crippen LogP contribution in [0.15, 0.2) is 91.0 Å². The molecule has 0 amide bonds. The predicted octanol–water partition coefficient (Wildman–Crippen LogP) is 4.74. The Morgan fingerprint density at radius 3 is 1.71 bits per heavy atom. The fraction of sp³-hybridized carbons (Fsp3) is 0.290. The lowest BCUT2D eigenvalue weighted by molar-refractivity contribution is -0.310. The number of thiocarbonyl (C=S) groups is 1. The minimum absolute atomic E-state index is 0.215. The van der Waals surface area contributed by atoms with Gasteiger partial charge in [-0.15, -0.1) is 11.8 Å². The van der Waals surface area contributed by atoms with Crippen molar-refractivity contribution in [2.24, 2.45) is 0 Å². The summed E-state index contributed by atoms with van der Waals surface area (Å²) in [5.41, 5.74) is -0.880. The molecule has 0 unspecified atom stereocenters. The molecule has 9 nitrogen and oxygen atoms in total. The molecule has 0 spiro atoms. The molecule has 1 saturated heterocycles. The standard InChI is InChI=1S/C31H30O9S2/c1-35-29-24(39-27(33)21-15-9-5-10-16-21)25(40-28(34)22-17-11-6-12-18-22)31(36-2,30(41)42-3)23(38-29)19-37-26(32)20-13-7-4-8-14-20/h4-18,23-25,29H,19H2,1-3H3/t23-,24-,25-,29+,31-/m1/s1. The fourth-order valence-corrected chi connectivity index (χ4v) is 5.59. The van der Waals surface area contributed by atoms with Crippen LogP contribution in [-0.2, 0) is 28.4 Å². The molecule has 1 aliphatic rings. The summed E-state index contributed by atoms with van der Waals surface area (Å²) >= 11 is 6.92. The first-order valence-electron chi connectivity index (χ1n) is 12.9. The SMILES string of the molecule is CO[C@H]1O[C@H](COC(=O)c2ccccc2)[C@](OC)(C(=S)SC)[C@H](OC(=O)c2ccccc2)[C@H]1OC(=O)c1ccccc1. The van der Waals surface area contributed by atoms with Crippen molar-refractivity contribution < 1.29 is 42.8 Å². The zero-order chi connectivity index (χ0) is 30.1. The topological polar surface area (TPSA) is 107 Å². The van der Waals surface area contributed by atoms with E-state index in [2.05, 4.69) is 0 Å². The number of methoxy groups -OCH3 is 2. The maximum absolute atomic E-state index is 13.4. The van der Waals surface area contributed by atoms with Gasteiger partial charge < -0.3 is 28.4 Å². The second-order valence-electron chi connectivity index (χ2n) is 9.11. The molecule has 0 saturated carbocycles. The lowest BCUT2D eigenvalue weighted by atomic mass is 9.84. The number of hydrogen-bond acceptors (Lipinski definition) is 11. The van der Waals surface area contributed by atoms with E-state index in [9.17, 15) is 14.4 Å². The Labute approximate surface area is 253 Å². The molecule has 42 heavy (non-hydrogen) atoms. The van der Waals surface area contributed by atoms with E-state index in [1.807, 2.05) is 0 Å². The van der Waals surface area contributed by atoms with Gasteiger partial charge in [-0.2, -0.15) is 0 Å². The van der Waals surface area contributed by atoms with E-state index in [0.717, 1.165) is 11.8 Å². The van der Waals surface area contributed by atoms with Crippen molar-refractivity contribution in [2.45, 2.75) is 30.2 Å². The van der Waals surface area contributed by atoms with Crippen LogP contribution < -0.4 is 0 Å². The molecule has 0 aromatic heterocycles. The minimum atomic E-state index is -1.72. The van der Waals surface area contributed by atoms with E-state index in [-0.39, 0.29) is 21.9 Å². The third kappa shape index (κ3) is 6.71. The van der Waals surface area contributed by atoms with Gasteiger partial charge in [0.1, 0.15) is 12.7 Å². The second-order valence-corrected chi connectivity index (χ2v) is 10.6. The van der Waals surface area contributed by atoms with Crippen LogP contribution in [0.2, 0.25) is 0 Å². The van der Waals surface area contributed by atoms with Gasteiger partial charge in [0.25, 0.3) is 0 Å². The maximum Gasteiger partial charge on any atom is 0.338 e. The average molecular weight is 611 g/mol. The quantitative estimate of drug-likeness (QED) is 0.181. The summed E-state index contributed by atoms with van der Waals surface area (Å²) in [5.74, 6) is -2.03.